The van der Waals surface area contributed by atoms with Gasteiger partial charge < -0.3 is 0 Å². The van der Waals surface area contributed by atoms with Crippen molar-refractivity contribution in [2.45, 2.75) is 27.2 Å². The molecule has 1 unspecified atom stereocenters. The fourth-order valence-electron chi connectivity index (χ4n) is 1.51. The fraction of sp³-hybridized carbons (Fsp3) is 1.00. The third-order valence-corrected chi connectivity index (χ3v) is 2.79. The average molecular weight is 142 g/mol. The summed E-state index contributed by atoms with van der Waals surface area (Å²) in [6.07, 6.45) is 1.24. The summed E-state index contributed by atoms with van der Waals surface area (Å²) in [4.78, 5) is 0. The molecule has 10 heavy (non-hydrogen) atoms. The Hall–Kier alpha value is -0.0800. The molecule has 1 rings (SSSR count). The fourth-order valence-corrected chi connectivity index (χ4v) is 1.51. The lowest BCUT2D eigenvalue weighted by Crippen LogP contribution is -2.48. The van der Waals surface area contributed by atoms with Gasteiger partial charge in [0.05, 0.1) is 0 Å². The van der Waals surface area contributed by atoms with Gasteiger partial charge in [-0.1, -0.05) is 20.8 Å². The van der Waals surface area contributed by atoms with Crippen LogP contribution in [0.25, 0.3) is 0 Å². The molecular weight excluding hydrogens is 124 g/mol. The van der Waals surface area contributed by atoms with Gasteiger partial charge in [-0.2, -0.15) is 0 Å². The molecule has 60 valence electrons. The van der Waals surface area contributed by atoms with Crippen molar-refractivity contribution in [2.75, 3.05) is 13.1 Å². The molecular formula is C8H18N2. The molecule has 0 radical (unpaired) electrons. The Labute approximate surface area is 63.4 Å². The molecule has 0 bridgehead atoms. The Bertz CT molecular complexity index is 120. The van der Waals surface area contributed by atoms with Crippen LogP contribution in [0.15, 0.2) is 0 Å². The Morgan fingerprint density at radius 1 is 1.50 bits per heavy atom. The van der Waals surface area contributed by atoms with Gasteiger partial charge in [0.1, 0.15) is 0 Å². The van der Waals surface area contributed by atoms with Gasteiger partial charge in [-0.25, -0.2) is 5.01 Å². The smallest absolute Gasteiger partial charge is 0.0182 e. The number of hydrogen-bond donors (Lipinski definition) is 1. The summed E-state index contributed by atoms with van der Waals surface area (Å²) in [5.74, 6) is 6.52. The van der Waals surface area contributed by atoms with E-state index in [0.717, 1.165) is 19.0 Å². The third kappa shape index (κ3) is 1.50. The number of hydrogen-bond acceptors (Lipinski definition) is 2. The Morgan fingerprint density at radius 2 is 2.10 bits per heavy atom. The number of piperidine rings is 1. The highest BCUT2D eigenvalue weighted by Gasteiger charge is 2.31. The molecule has 2 N–H and O–H groups in total. The molecule has 1 atom stereocenters. The number of nitrogens with two attached hydrogens (primary N) is 1. The normalized spacial score (nSPS) is 34.2. The molecule has 0 amide bonds. The molecule has 2 heteroatoms. The summed E-state index contributed by atoms with van der Waals surface area (Å²) >= 11 is 0. The Morgan fingerprint density at radius 3 is 2.50 bits per heavy atom. The predicted molar refractivity (Wildman–Crippen MR) is 43.3 cm³/mol. The van der Waals surface area contributed by atoms with E-state index in [2.05, 4.69) is 20.8 Å². The summed E-state index contributed by atoms with van der Waals surface area (Å²) in [5, 5.41) is 1.93. The largest absolute Gasteiger partial charge is 0.269 e. The van der Waals surface area contributed by atoms with E-state index in [4.69, 9.17) is 5.84 Å². The van der Waals surface area contributed by atoms with Crippen molar-refractivity contribution in [3.63, 3.8) is 0 Å². The van der Waals surface area contributed by atoms with Crippen molar-refractivity contribution in [1.29, 1.82) is 0 Å². The van der Waals surface area contributed by atoms with Crippen molar-refractivity contribution in [2.24, 2.45) is 17.2 Å². The quantitative estimate of drug-likeness (QED) is 0.515. The molecule has 1 fully saturated rings. The molecule has 0 aromatic heterocycles. The third-order valence-electron chi connectivity index (χ3n) is 2.79. The molecule has 0 aromatic carbocycles. The van der Waals surface area contributed by atoms with E-state index in [1.807, 2.05) is 5.01 Å². The first-order chi connectivity index (χ1) is 4.52. The van der Waals surface area contributed by atoms with E-state index in [0.29, 0.717) is 5.41 Å². The van der Waals surface area contributed by atoms with Crippen LogP contribution in [0.4, 0.5) is 0 Å². The molecule has 1 aliphatic rings. The highest BCUT2D eigenvalue weighted by Crippen LogP contribution is 2.32. The predicted octanol–water partition coefficient (Wildman–Crippen LogP) is 1.23. The Kier molecular flexibility index (Phi) is 2.02. The first-order valence-electron chi connectivity index (χ1n) is 4.02. The topological polar surface area (TPSA) is 29.3 Å². The van der Waals surface area contributed by atoms with Crippen molar-refractivity contribution in [3.05, 3.63) is 0 Å². The maximum Gasteiger partial charge on any atom is 0.0182 e. The van der Waals surface area contributed by atoms with Crippen molar-refractivity contribution in [1.82, 2.24) is 5.01 Å². The zero-order valence-corrected chi connectivity index (χ0v) is 7.22. The lowest BCUT2D eigenvalue weighted by molar-refractivity contribution is 0.0651. The van der Waals surface area contributed by atoms with Crippen LogP contribution in [0.3, 0.4) is 0 Å². The van der Waals surface area contributed by atoms with Gasteiger partial charge >= 0.3 is 0 Å². The minimum atomic E-state index is 0.410. The minimum absolute atomic E-state index is 0.410. The van der Waals surface area contributed by atoms with Crippen LogP contribution in [0.2, 0.25) is 0 Å². The zero-order chi connectivity index (χ0) is 7.78. The number of nitrogens with zero attached hydrogens (tertiary/aromatic N) is 1. The summed E-state index contributed by atoms with van der Waals surface area (Å²) in [5.41, 5.74) is 0.410. The maximum atomic E-state index is 5.71. The summed E-state index contributed by atoms with van der Waals surface area (Å²) in [6, 6.07) is 0. The molecule has 0 aliphatic carbocycles. The molecule has 0 spiro atoms. The lowest BCUT2D eigenvalue weighted by Gasteiger charge is -2.40. The molecule has 1 heterocycles. The van der Waals surface area contributed by atoms with Gasteiger partial charge in [0, 0.05) is 13.1 Å². The van der Waals surface area contributed by atoms with Gasteiger partial charge in [0.15, 0.2) is 0 Å². The second kappa shape index (κ2) is 2.51. The first kappa shape index (κ1) is 8.02. The van der Waals surface area contributed by atoms with E-state index in [1.54, 1.807) is 0 Å². The van der Waals surface area contributed by atoms with Crippen LogP contribution in [-0.4, -0.2) is 18.1 Å². The molecule has 1 aliphatic heterocycles. The Balaban J connectivity index is 2.55. The highest BCUT2D eigenvalue weighted by atomic mass is 15.4. The summed E-state index contributed by atoms with van der Waals surface area (Å²) < 4.78 is 0. The van der Waals surface area contributed by atoms with E-state index < -0.39 is 0 Å². The highest BCUT2D eigenvalue weighted by molar-refractivity contribution is 4.82. The maximum absolute atomic E-state index is 5.71. The van der Waals surface area contributed by atoms with Gasteiger partial charge in [0.2, 0.25) is 0 Å². The van der Waals surface area contributed by atoms with Gasteiger partial charge in [-0.3, -0.25) is 5.84 Å². The average Bonchev–Trinajstić information content (AvgIpc) is 1.78. The second-order valence-electron chi connectivity index (χ2n) is 4.15. The van der Waals surface area contributed by atoms with E-state index >= 15 is 0 Å². The van der Waals surface area contributed by atoms with Gasteiger partial charge in [-0.05, 0) is 17.8 Å². The van der Waals surface area contributed by atoms with E-state index in [9.17, 15) is 0 Å². The van der Waals surface area contributed by atoms with E-state index in [1.165, 1.54) is 6.42 Å². The van der Waals surface area contributed by atoms with Crippen LogP contribution in [0.1, 0.15) is 27.2 Å². The first-order valence-corrected chi connectivity index (χ1v) is 4.02. The molecule has 0 aromatic rings. The number of hydrazine groups is 1. The van der Waals surface area contributed by atoms with Crippen molar-refractivity contribution >= 4 is 0 Å². The second-order valence-corrected chi connectivity index (χ2v) is 4.15. The van der Waals surface area contributed by atoms with Crippen molar-refractivity contribution < 1.29 is 0 Å². The van der Waals surface area contributed by atoms with Crippen LogP contribution in [-0.2, 0) is 0 Å². The van der Waals surface area contributed by atoms with Gasteiger partial charge in [-0.15, -0.1) is 0 Å². The molecule has 0 saturated carbocycles. The molecule has 2 nitrogen and oxygen atoms in total. The SMILES string of the molecule is CC1CCN(N)CC1(C)C. The summed E-state index contributed by atoms with van der Waals surface area (Å²) in [6.45, 7) is 8.99. The number of rotatable bonds is 0. The molecule has 1 saturated heterocycles. The standard InChI is InChI=1S/C8H18N2/c1-7-4-5-10(9)6-8(7,2)3/h7H,4-6,9H2,1-3H3. The summed E-state index contributed by atoms with van der Waals surface area (Å²) in [7, 11) is 0. The van der Waals surface area contributed by atoms with Crippen LogP contribution in [0.5, 0.6) is 0 Å². The van der Waals surface area contributed by atoms with Gasteiger partial charge in [0.25, 0.3) is 0 Å². The minimum Gasteiger partial charge on any atom is -0.269 e. The van der Waals surface area contributed by atoms with Crippen LogP contribution < -0.4 is 5.84 Å². The monoisotopic (exact) mass is 142 g/mol. The van der Waals surface area contributed by atoms with Crippen LogP contribution >= 0.6 is 0 Å². The lowest BCUT2D eigenvalue weighted by atomic mass is 9.76. The van der Waals surface area contributed by atoms with E-state index in [-0.39, 0.29) is 0 Å². The van der Waals surface area contributed by atoms with Crippen LogP contribution in [0, 0.1) is 11.3 Å². The van der Waals surface area contributed by atoms with Crippen molar-refractivity contribution in [3.8, 4) is 0 Å². The zero-order valence-electron chi connectivity index (χ0n) is 7.22.